The smallest absolute Gasteiger partial charge is 0.236 e. The molecule has 1 fully saturated rings. The largest absolute Gasteiger partial charge is 0.341 e. The van der Waals surface area contributed by atoms with Crippen molar-refractivity contribution in [2.24, 2.45) is 5.92 Å². The van der Waals surface area contributed by atoms with Gasteiger partial charge in [0.25, 0.3) is 0 Å². The monoisotopic (exact) mass is 232 g/mol. The van der Waals surface area contributed by atoms with Crippen LogP contribution in [0.4, 0.5) is 0 Å². The van der Waals surface area contributed by atoms with Crippen LogP contribution in [-0.4, -0.2) is 37.5 Å². The molecule has 1 aliphatic rings. The van der Waals surface area contributed by atoms with E-state index in [0.717, 1.165) is 25.9 Å². The van der Waals surface area contributed by atoms with Crippen molar-refractivity contribution >= 4 is 5.91 Å². The number of benzene rings is 1. The summed E-state index contributed by atoms with van der Waals surface area (Å²) in [5.41, 5.74) is 1.38. The van der Waals surface area contributed by atoms with Crippen molar-refractivity contribution in [1.82, 2.24) is 10.2 Å². The van der Waals surface area contributed by atoms with Crippen LogP contribution in [0, 0.1) is 5.92 Å². The van der Waals surface area contributed by atoms with E-state index in [0.29, 0.717) is 12.5 Å². The number of carbonyl (C=O) groups is 1. The first kappa shape index (κ1) is 12.1. The minimum Gasteiger partial charge on any atom is -0.341 e. The van der Waals surface area contributed by atoms with Gasteiger partial charge in [-0.1, -0.05) is 30.3 Å². The molecule has 1 aromatic rings. The van der Waals surface area contributed by atoms with Crippen LogP contribution in [0.3, 0.4) is 0 Å². The Morgan fingerprint density at radius 3 is 2.88 bits per heavy atom. The molecule has 1 N–H and O–H groups in total. The number of rotatable bonds is 4. The topological polar surface area (TPSA) is 32.3 Å². The van der Waals surface area contributed by atoms with Gasteiger partial charge in [0.2, 0.25) is 5.91 Å². The predicted molar refractivity (Wildman–Crippen MR) is 68.8 cm³/mol. The molecule has 0 aliphatic carbocycles. The van der Waals surface area contributed by atoms with Crippen molar-refractivity contribution in [3.8, 4) is 0 Å². The third kappa shape index (κ3) is 3.30. The number of carbonyl (C=O) groups excluding carboxylic acids is 1. The van der Waals surface area contributed by atoms with Crippen molar-refractivity contribution < 1.29 is 4.79 Å². The highest BCUT2D eigenvalue weighted by molar-refractivity contribution is 5.78. The Kier molecular flexibility index (Phi) is 4.15. The maximum atomic E-state index is 11.7. The molecule has 1 unspecified atom stereocenters. The van der Waals surface area contributed by atoms with Crippen molar-refractivity contribution in [3.05, 3.63) is 35.9 Å². The third-order valence-corrected chi connectivity index (χ3v) is 3.33. The molecule has 0 saturated carbocycles. The fraction of sp³-hybridized carbons (Fsp3) is 0.500. The molecule has 0 bridgehead atoms. The van der Waals surface area contributed by atoms with Gasteiger partial charge in [-0.25, -0.2) is 0 Å². The zero-order valence-corrected chi connectivity index (χ0v) is 10.4. The predicted octanol–water partition coefficient (Wildman–Crippen LogP) is 1.30. The quantitative estimate of drug-likeness (QED) is 0.848. The summed E-state index contributed by atoms with van der Waals surface area (Å²) in [4.78, 5) is 13.7. The van der Waals surface area contributed by atoms with Gasteiger partial charge >= 0.3 is 0 Å². The lowest BCUT2D eigenvalue weighted by Gasteiger charge is -2.16. The highest BCUT2D eigenvalue weighted by atomic mass is 16.2. The summed E-state index contributed by atoms with van der Waals surface area (Å²) < 4.78 is 0. The van der Waals surface area contributed by atoms with Gasteiger partial charge in [-0.05, 0) is 31.4 Å². The molecular weight excluding hydrogens is 212 g/mol. The van der Waals surface area contributed by atoms with Crippen LogP contribution in [0.2, 0.25) is 0 Å². The van der Waals surface area contributed by atoms with Crippen molar-refractivity contribution in [1.29, 1.82) is 0 Å². The van der Waals surface area contributed by atoms with Gasteiger partial charge < -0.3 is 10.2 Å². The van der Waals surface area contributed by atoms with Crippen LogP contribution in [0.25, 0.3) is 0 Å². The molecule has 2 rings (SSSR count). The number of hydrogen-bond acceptors (Lipinski definition) is 2. The standard InChI is InChI=1S/C14H20N2O/c1-15-10-14(17)16-8-7-13(11-16)9-12-5-3-2-4-6-12/h2-6,13,15H,7-11H2,1H3. The molecule has 0 aromatic heterocycles. The Hall–Kier alpha value is -1.35. The summed E-state index contributed by atoms with van der Waals surface area (Å²) in [7, 11) is 1.81. The van der Waals surface area contributed by atoms with E-state index >= 15 is 0 Å². The number of likely N-dealkylation sites (tertiary alicyclic amines) is 1. The van der Waals surface area contributed by atoms with Gasteiger partial charge in [0.15, 0.2) is 0 Å². The first-order chi connectivity index (χ1) is 8.29. The van der Waals surface area contributed by atoms with E-state index < -0.39 is 0 Å². The first-order valence-electron chi connectivity index (χ1n) is 6.26. The molecule has 1 aliphatic heterocycles. The van der Waals surface area contributed by atoms with E-state index in [1.807, 2.05) is 18.0 Å². The minimum absolute atomic E-state index is 0.225. The Morgan fingerprint density at radius 2 is 2.18 bits per heavy atom. The molecule has 1 atom stereocenters. The minimum atomic E-state index is 0.225. The highest BCUT2D eigenvalue weighted by Gasteiger charge is 2.25. The molecular formula is C14H20N2O. The molecule has 3 nitrogen and oxygen atoms in total. The van der Waals surface area contributed by atoms with Crippen LogP contribution in [-0.2, 0) is 11.2 Å². The summed E-state index contributed by atoms with van der Waals surface area (Å²) >= 11 is 0. The van der Waals surface area contributed by atoms with Gasteiger partial charge in [-0.15, -0.1) is 0 Å². The number of likely N-dealkylation sites (N-methyl/N-ethyl adjacent to an activating group) is 1. The molecule has 0 radical (unpaired) electrons. The summed E-state index contributed by atoms with van der Waals surface area (Å²) in [6.45, 7) is 2.28. The Labute approximate surface area is 103 Å². The van der Waals surface area contributed by atoms with E-state index in [2.05, 4.69) is 29.6 Å². The Morgan fingerprint density at radius 1 is 1.41 bits per heavy atom. The molecule has 3 heteroatoms. The average molecular weight is 232 g/mol. The second-order valence-electron chi connectivity index (χ2n) is 4.71. The number of hydrogen-bond donors (Lipinski definition) is 1. The van der Waals surface area contributed by atoms with Gasteiger partial charge in [0, 0.05) is 13.1 Å². The summed E-state index contributed by atoms with van der Waals surface area (Å²) in [6.07, 6.45) is 2.22. The van der Waals surface area contributed by atoms with Crippen molar-refractivity contribution in [2.75, 3.05) is 26.7 Å². The highest BCUT2D eigenvalue weighted by Crippen LogP contribution is 2.20. The Bertz CT molecular complexity index is 364. The van der Waals surface area contributed by atoms with Crippen LogP contribution < -0.4 is 5.32 Å². The van der Waals surface area contributed by atoms with Crippen LogP contribution in [0.15, 0.2) is 30.3 Å². The molecule has 17 heavy (non-hydrogen) atoms. The number of amides is 1. The maximum absolute atomic E-state index is 11.7. The van der Waals surface area contributed by atoms with Crippen LogP contribution >= 0.6 is 0 Å². The van der Waals surface area contributed by atoms with Crippen molar-refractivity contribution in [2.45, 2.75) is 12.8 Å². The van der Waals surface area contributed by atoms with E-state index in [-0.39, 0.29) is 5.91 Å². The van der Waals surface area contributed by atoms with Gasteiger partial charge in [-0.2, -0.15) is 0 Å². The fourth-order valence-electron chi connectivity index (χ4n) is 2.44. The average Bonchev–Trinajstić information content (AvgIpc) is 2.79. The Balaban J connectivity index is 1.84. The third-order valence-electron chi connectivity index (χ3n) is 3.33. The zero-order chi connectivity index (χ0) is 12.1. The number of nitrogens with one attached hydrogen (secondary N) is 1. The zero-order valence-electron chi connectivity index (χ0n) is 10.4. The first-order valence-corrected chi connectivity index (χ1v) is 6.26. The van der Waals surface area contributed by atoms with E-state index in [1.54, 1.807) is 0 Å². The SMILES string of the molecule is CNCC(=O)N1CCC(Cc2ccccc2)C1. The molecule has 0 spiro atoms. The van der Waals surface area contributed by atoms with Crippen LogP contribution in [0.1, 0.15) is 12.0 Å². The lowest BCUT2D eigenvalue weighted by atomic mass is 9.99. The second-order valence-corrected chi connectivity index (χ2v) is 4.71. The van der Waals surface area contributed by atoms with Crippen LogP contribution in [0.5, 0.6) is 0 Å². The fourth-order valence-corrected chi connectivity index (χ4v) is 2.44. The van der Waals surface area contributed by atoms with Gasteiger partial charge in [0.1, 0.15) is 0 Å². The summed E-state index contributed by atoms with van der Waals surface area (Å²) in [6, 6.07) is 10.5. The lowest BCUT2D eigenvalue weighted by Crippen LogP contribution is -2.35. The maximum Gasteiger partial charge on any atom is 0.236 e. The molecule has 1 heterocycles. The summed E-state index contributed by atoms with van der Waals surface area (Å²) in [5, 5.41) is 2.92. The van der Waals surface area contributed by atoms with E-state index in [9.17, 15) is 4.79 Å². The summed E-state index contributed by atoms with van der Waals surface area (Å²) in [5.74, 6) is 0.848. The van der Waals surface area contributed by atoms with Gasteiger partial charge in [-0.3, -0.25) is 4.79 Å². The molecule has 1 aromatic carbocycles. The lowest BCUT2D eigenvalue weighted by molar-refractivity contribution is -0.129. The normalized spacial score (nSPS) is 19.6. The van der Waals surface area contributed by atoms with E-state index in [1.165, 1.54) is 5.56 Å². The van der Waals surface area contributed by atoms with Gasteiger partial charge in [0.05, 0.1) is 6.54 Å². The molecule has 1 amide bonds. The molecule has 1 saturated heterocycles. The van der Waals surface area contributed by atoms with Crippen molar-refractivity contribution in [3.63, 3.8) is 0 Å². The second kappa shape index (κ2) is 5.82. The number of nitrogens with zero attached hydrogens (tertiary/aromatic N) is 1. The molecule has 92 valence electrons. The van der Waals surface area contributed by atoms with E-state index in [4.69, 9.17) is 0 Å².